The summed E-state index contributed by atoms with van der Waals surface area (Å²) in [6.07, 6.45) is -2.52. The van der Waals surface area contributed by atoms with Crippen molar-refractivity contribution in [1.82, 2.24) is 15.5 Å². The summed E-state index contributed by atoms with van der Waals surface area (Å²) in [6, 6.07) is 12.7. The number of carbonyl (C=O) groups excluding carboxylic acids is 1. The van der Waals surface area contributed by atoms with E-state index in [9.17, 15) is 18.0 Å². The zero-order chi connectivity index (χ0) is 23.0. The van der Waals surface area contributed by atoms with Crippen LogP contribution >= 0.6 is 11.6 Å². The van der Waals surface area contributed by atoms with Crippen molar-refractivity contribution in [2.24, 2.45) is 0 Å². The minimum atomic E-state index is -4.32. The highest BCUT2D eigenvalue weighted by atomic mass is 35.5. The number of urea groups is 1. The van der Waals surface area contributed by atoms with Gasteiger partial charge in [0.05, 0.1) is 5.56 Å². The van der Waals surface area contributed by atoms with Gasteiger partial charge in [-0.05, 0) is 55.3 Å². The molecule has 2 aromatic carbocycles. The fourth-order valence-electron chi connectivity index (χ4n) is 3.66. The number of rotatable bonds is 8. The van der Waals surface area contributed by atoms with Crippen LogP contribution in [0.25, 0.3) is 0 Å². The zero-order valence-electron chi connectivity index (χ0n) is 17.8. The van der Waals surface area contributed by atoms with Crippen LogP contribution in [0.15, 0.2) is 48.5 Å². The monoisotopic (exact) mass is 468 g/mol. The number of carbonyl (C=O) groups is 1. The highest BCUT2D eigenvalue weighted by Crippen LogP contribution is 2.31. The Labute approximate surface area is 191 Å². The molecule has 0 radical (unpaired) electrons. The van der Waals surface area contributed by atoms with E-state index in [1.165, 1.54) is 12.1 Å². The fourth-order valence-corrected chi connectivity index (χ4v) is 3.88. The van der Waals surface area contributed by atoms with E-state index in [1.807, 2.05) is 23.1 Å². The maximum absolute atomic E-state index is 12.9. The van der Waals surface area contributed by atoms with Gasteiger partial charge >= 0.3 is 12.2 Å². The highest BCUT2D eigenvalue weighted by molar-refractivity contribution is 6.30. The average Bonchev–Trinajstić information content (AvgIpc) is 2.77. The molecule has 0 bridgehead atoms. The summed E-state index contributed by atoms with van der Waals surface area (Å²) in [6.45, 7) is 4.93. The topological polar surface area (TPSA) is 47.6 Å². The van der Waals surface area contributed by atoms with Crippen molar-refractivity contribution in [2.75, 3.05) is 44.2 Å². The molecule has 1 saturated heterocycles. The first-order valence-electron chi connectivity index (χ1n) is 10.7. The standard InChI is InChI=1S/C23H28ClF3N4O/c24-20-7-3-5-18(15-20)17-29-22(32)28-9-1-2-10-30-11-13-31(14-12-30)21-8-4-6-19(16-21)23(25,26)27/h3-8,15-16H,1-2,9-14,17H2,(H2,28,29,32). The van der Waals surface area contributed by atoms with Gasteiger partial charge in [-0.15, -0.1) is 0 Å². The van der Waals surface area contributed by atoms with Crippen molar-refractivity contribution in [1.29, 1.82) is 0 Å². The molecule has 2 aromatic rings. The third-order valence-corrected chi connectivity index (χ3v) is 5.67. The lowest BCUT2D eigenvalue weighted by molar-refractivity contribution is -0.137. The van der Waals surface area contributed by atoms with Gasteiger partial charge in [-0.25, -0.2) is 4.79 Å². The Kier molecular flexibility index (Phi) is 8.64. The Balaban J connectivity index is 1.28. The molecule has 0 spiro atoms. The Morgan fingerprint density at radius 2 is 1.72 bits per heavy atom. The molecule has 174 valence electrons. The van der Waals surface area contributed by atoms with Gasteiger partial charge in [0.2, 0.25) is 0 Å². The minimum Gasteiger partial charge on any atom is -0.369 e. The Morgan fingerprint density at radius 1 is 0.969 bits per heavy atom. The Morgan fingerprint density at radius 3 is 2.44 bits per heavy atom. The summed E-state index contributed by atoms with van der Waals surface area (Å²) in [4.78, 5) is 16.2. The van der Waals surface area contributed by atoms with Crippen LogP contribution in [0.3, 0.4) is 0 Å². The number of unbranched alkanes of at least 4 members (excludes halogenated alkanes) is 1. The number of nitrogens with zero attached hydrogens (tertiary/aromatic N) is 2. The van der Waals surface area contributed by atoms with Crippen molar-refractivity contribution in [2.45, 2.75) is 25.6 Å². The van der Waals surface area contributed by atoms with Crippen LogP contribution in [-0.2, 0) is 12.7 Å². The molecule has 0 atom stereocenters. The number of benzene rings is 2. The first-order valence-corrected chi connectivity index (χ1v) is 11.1. The Hall–Kier alpha value is -2.45. The van der Waals surface area contributed by atoms with Crippen LogP contribution in [0.2, 0.25) is 5.02 Å². The molecule has 32 heavy (non-hydrogen) atoms. The predicted molar refractivity (Wildman–Crippen MR) is 121 cm³/mol. The van der Waals surface area contributed by atoms with Crippen molar-refractivity contribution in [3.05, 3.63) is 64.7 Å². The number of hydrogen-bond acceptors (Lipinski definition) is 3. The van der Waals surface area contributed by atoms with E-state index in [2.05, 4.69) is 15.5 Å². The third kappa shape index (κ3) is 7.60. The Bertz CT molecular complexity index is 886. The number of hydrogen-bond donors (Lipinski definition) is 2. The molecule has 0 aliphatic carbocycles. The fraction of sp³-hybridized carbons (Fsp3) is 0.435. The summed E-state index contributed by atoms with van der Waals surface area (Å²) < 4.78 is 38.8. The van der Waals surface area contributed by atoms with E-state index in [0.29, 0.717) is 36.9 Å². The largest absolute Gasteiger partial charge is 0.416 e. The second-order valence-electron chi connectivity index (χ2n) is 7.82. The quantitative estimate of drug-likeness (QED) is 0.549. The summed E-state index contributed by atoms with van der Waals surface area (Å²) >= 11 is 5.93. The summed E-state index contributed by atoms with van der Waals surface area (Å²) in [5.41, 5.74) is 0.950. The summed E-state index contributed by atoms with van der Waals surface area (Å²) in [5.74, 6) is 0. The zero-order valence-corrected chi connectivity index (χ0v) is 18.6. The minimum absolute atomic E-state index is 0.209. The van der Waals surface area contributed by atoms with E-state index in [1.54, 1.807) is 12.1 Å². The first-order chi connectivity index (χ1) is 15.3. The maximum atomic E-state index is 12.9. The molecule has 0 aromatic heterocycles. The van der Waals surface area contributed by atoms with Crippen molar-refractivity contribution in [3.8, 4) is 0 Å². The molecule has 2 N–H and O–H groups in total. The van der Waals surface area contributed by atoms with Gasteiger partial charge in [0, 0.05) is 50.0 Å². The number of anilines is 1. The lowest BCUT2D eigenvalue weighted by atomic mass is 10.1. The molecule has 1 aliphatic rings. The van der Waals surface area contributed by atoms with E-state index < -0.39 is 11.7 Å². The van der Waals surface area contributed by atoms with Crippen LogP contribution < -0.4 is 15.5 Å². The predicted octanol–water partition coefficient (Wildman–Crippen LogP) is 4.76. The second kappa shape index (κ2) is 11.4. The molecule has 5 nitrogen and oxygen atoms in total. The molecular formula is C23H28ClF3N4O. The van der Waals surface area contributed by atoms with Gasteiger partial charge in [-0.3, -0.25) is 4.90 Å². The molecule has 1 fully saturated rings. The van der Waals surface area contributed by atoms with Gasteiger partial charge in [0.25, 0.3) is 0 Å². The molecule has 0 unspecified atom stereocenters. The van der Waals surface area contributed by atoms with Gasteiger partial charge in [-0.1, -0.05) is 29.8 Å². The van der Waals surface area contributed by atoms with Crippen LogP contribution in [0.1, 0.15) is 24.0 Å². The number of alkyl halides is 3. The third-order valence-electron chi connectivity index (χ3n) is 5.44. The lowest BCUT2D eigenvalue weighted by Crippen LogP contribution is -2.46. The van der Waals surface area contributed by atoms with Gasteiger partial charge in [0.1, 0.15) is 0 Å². The molecule has 3 rings (SSSR count). The summed E-state index contributed by atoms with van der Waals surface area (Å²) in [7, 11) is 0. The smallest absolute Gasteiger partial charge is 0.369 e. The van der Waals surface area contributed by atoms with Crippen LogP contribution in [0.5, 0.6) is 0 Å². The van der Waals surface area contributed by atoms with Crippen molar-refractivity contribution >= 4 is 23.3 Å². The number of piperazine rings is 1. The van der Waals surface area contributed by atoms with Crippen molar-refractivity contribution in [3.63, 3.8) is 0 Å². The normalized spacial score (nSPS) is 14.9. The van der Waals surface area contributed by atoms with Gasteiger partial charge in [0.15, 0.2) is 0 Å². The van der Waals surface area contributed by atoms with Crippen LogP contribution in [-0.4, -0.2) is 50.2 Å². The van der Waals surface area contributed by atoms with E-state index in [0.717, 1.165) is 44.1 Å². The molecule has 1 heterocycles. The molecular weight excluding hydrogens is 441 g/mol. The van der Waals surface area contributed by atoms with E-state index in [4.69, 9.17) is 11.6 Å². The highest BCUT2D eigenvalue weighted by Gasteiger charge is 2.31. The number of halogens is 4. The molecule has 1 aliphatic heterocycles. The molecule has 0 saturated carbocycles. The molecule has 9 heteroatoms. The first kappa shape index (κ1) is 24.2. The lowest BCUT2D eigenvalue weighted by Gasteiger charge is -2.36. The van der Waals surface area contributed by atoms with Gasteiger partial charge < -0.3 is 15.5 Å². The van der Waals surface area contributed by atoms with E-state index >= 15 is 0 Å². The number of nitrogens with one attached hydrogen (secondary N) is 2. The van der Waals surface area contributed by atoms with Crippen molar-refractivity contribution < 1.29 is 18.0 Å². The summed E-state index contributed by atoms with van der Waals surface area (Å²) in [5, 5.41) is 6.29. The van der Waals surface area contributed by atoms with Crippen LogP contribution in [0.4, 0.5) is 23.7 Å². The second-order valence-corrected chi connectivity index (χ2v) is 8.26. The number of amides is 2. The average molecular weight is 469 g/mol. The van der Waals surface area contributed by atoms with E-state index in [-0.39, 0.29) is 6.03 Å². The SMILES string of the molecule is O=C(NCCCCN1CCN(c2cccc(C(F)(F)F)c2)CC1)NCc1cccc(Cl)c1. The maximum Gasteiger partial charge on any atom is 0.416 e. The van der Waals surface area contributed by atoms with Gasteiger partial charge in [-0.2, -0.15) is 13.2 Å². The van der Waals surface area contributed by atoms with Crippen LogP contribution in [0, 0.1) is 0 Å². The molecule has 2 amide bonds.